The molecule has 8 nitrogen and oxygen atoms in total. The van der Waals surface area contributed by atoms with Gasteiger partial charge in [0, 0.05) is 39.0 Å². The molecule has 1 aromatic heterocycles. The standard InChI is InChI=1S/C21H31N5O3.HI/c1-14(2)20-24-19(29-25-20)7-6-9-23-21(22-3)26-10-8-15-11-17(27-4)18(28-5)12-16(15)13-26;/h11-12,14H,6-10,13H2,1-5H3,(H,22,23);1H. The van der Waals surface area contributed by atoms with E-state index < -0.39 is 0 Å². The van der Waals surface area contributed by atoms with Crippen molar-refractivity contribution in [3.63, 3.8) is 0 Å². The number of benzene rings is 1. The number of hydrogen-bond donors (Lipinski definition) is 1. The van der Waals surface area contributed by atoms with Gasteiger partial charge >= 0.3 is 0 Å². The maximum atomic E-state index is 5.45. The molecule has 0 saturated carbocycles. The van der Waals surface area contributed by atoms with E-state index in [1.807, 2.05) is 7.05 Å². The Hall–Kier alpha value is -2.04. The van der Waals surface area contributed by atoms with E-state index in [1.54, 1.807) is 14.2 Å². The molecule has 0 radical (unpaired) electrons. The molecule has 0 bridgehead atoms. The van der Waals surface area contributed by atoms with Gasteiger partial charge in [-0.1, -0.05) is 19.0 Å². The highest BCUT2D eigenvalue weighted by atomic mass is 127. The first-order valence-electron chi connectivity index (χ1n) is 10.1. The lowest BCUT2D eigenvalue weighted by molar-refractivity contribution is 0.345. The molecule has 1 aliphatic rings. The van der Waals surface area contributed by atoms with E-state index >= 15 is 0 Å². The molecule has 1 aromatic carbocycles. The van der Waals surface area contributed by atoms with Crippen LogP contribution in [0.3, 0.4) is 0 Å². The zero-order valence-corrected chi connectivity index (χ0v) is 20.7. The average Bonchev–Trinajstić information content (AvgIpc) is 3.21. The van der Waals surface area contributed by atoms with Crippen molar-refractivity contribution in [2.75, 3.05) is 34.4 Å². The summed E-state index contributed by atoms with van der Waals surface area (Å²) in [6.07, 6.45) is 2.59. The Kier molecular flexibility index (Phi) is 9.19. The zero-order valence-electron chi connectivity index (χ0n) is 18.4. The van der Waals surface area contributed by atoms with Gasteiger partial charge in [0.05, 0.1) is 14.2 Å². The second kappa shape index (κ2) is 11.4. The number of rotatable bonds is 7. The van der Waals surface area contributed by atoms with Crippen LogP contribution in [0.5, 0.6) is 11.5 Å². The summed E-state index contributed by atoms with van der Waals surface area (Å²) in [5.41, 5.74) is 2.54. The molecule has 0 amide bonds. The highest BCUT2D eigenvalue weighted by Crippen LogP contribution is 2.33. The first-order valence-corrected chi connectivity index (χ1v) is 10.1. The average molecular weight is 529 g/mol. The lowest BCUT2D eigenvalue weighted by Gasteiger charge is -2.32. The molecule has 3 rings (SSSR count). The minimum Gasteiger partial charge on any atom is -0.493 e. The van der Waals surface area contributed by atoms with Crippen molar-refractivity contribution in [3.05, 3.63) is 35.0 Å². The van der Waals surface area contributed by atoms with Gasteiger partial charge < -0.3 is 24.2 Å². The summed E-state index contributed by atoms with van der Waals surface area (Å²) in [5.74, 6) is 4.19. The van der Waals surface area contributed by atoms with Crippen LogP contribution in [0.4, 0.5) is 0 Å². The fourth-order valence-electron chi connectivity index (χ4n) is 3.44. The molecule has 0 unspecified atom stereocenters. The van der Waals surface area contributed by atoms with Crippen LogP contribution in [0.15, 0.2) is 21.6 Å². The van der Waals surface area contributed by atoms with Crippen LogP contribution >= 0.6 is 24.0 Å². The van der Waals surface area contributed by atoms with Gasteiger partial charge in [0.2, 0.25) is 5.89 Å². The maximum Gasteiger partial charge on any atom is 0.226 e. The molecule has 0 saturated heterocycles. The number of hydrogen-bond acceptors (Lipinski definition) is 6. The van der Waals surface area contributed by atoms with Crippen molar-refractivity contribution in [3.8, 4) is 11.5 Å². The molecule has 1 aliphatic heterocycles. The molecule has 0 atom stereocenters. The quantitative estimate of drug-likeness (QED) is 0.255. The molecule has 0 spiro atoms. The summed E-state index contributed by atoms with van der Waals surface area (Å²) < 4.78 is 16.2. The minimum absolute atomic E-state index is 0. The number of ether oxygens (including phenoxy) is 2. The molecule has 2 heterocycles. The summed E-state index contributed by atoms with van der Waals surface area (Å²) in [4.78, 5) is 11.1. The molecule has 0 aliphatic carbocycles. The Balaban J connectivity index is 0.00000320. The fraction of sp³-hybridized carbons (Fsp3) is 0.571. The number of nitrogens with one attached hydrogen (secondary N) is 1. The second-order valence-electron chi connectivity index (χ2n) is 7.43. The third kappa shape index (κ3) is 5.77. The summed E-state index contributed by atoms with van der Waals surface area (Å²) in [6.45, 7) is 6.60. The van der Waals surface area contributed by atoms with Gasteiger partial charge in [-0.2, -0.15) is 4.98 Å². The predicted molar refractivity (Wildman–Crippen MR) is 127 cm³/mol. The van der Waals surface area contributed by atoms with Crippen molar-refractivity contribution >= 4 is 29.9 Å². The monoisotopic (exact) mass is 529 g/mol. The van der Waals surface area contributed by atoms with Crippen LogP contribution in [0.2, 0.25) is 0 Å². The van der Waals surface area contributed by atoms with Crippen LogP contribution in [-0.4, -0.2) is 55.4 Å². The summed E-state index contributed by atoms with van der Waals surface area (Å²) in [5, 5.41) is 7.46. The molecule has 2 aromatic rings. The van der Waals surface area contributed by atoms with E-state index in [2.05, 4.69) is 51.3 Å². The number of aryl methyl sites for hydroxylation is 1. The normalized spacial score (nSPS) is 13.7. The lowest BCUT2D eigenvalue weighted by atomic mass is 9.99. The van der Waals surface area contributed by atoms with Gasteiger partial charge in [-0.05, 0) is 36.1 Å². The van der Waals surface area contributed by atoms with Crippen LogP contribution in [-0.2, 0) is 19.4 Å². The largest absolute Gasteiger partial charge is 0.493 e. The lowest BCUT2D eigenvalue weighted by Crippen LogP contribution is -2.44. The summed E-state index contributed by atoms with van der Waals surface area (Å²) in [7, 11) is 5.15. The van der Waals surface area contributed by atoms with E-state index in [4.69, 9.17) is 14.0 Å². The van der Waals surface area contributed by atoms with Crippen molar-refractivity contribution in [2.24, 2.45) is 4.99 Å². The molecule has 9 heteroatoms. The number of aliphatic imine (C=N–C) groups is 1. The SMILES string of the molecule is CN=C(NCCCc1nc(C(C)C)no1)N1CCc2cc(OC)c(OC)cc2C1.I. The smallest absolute Gasteiger partial charge is 0.226 e. The molecule has 166 valence electrons. The number of aromatic nitrogens is 2. The van der Waals surface area contributed by atoms with Crippen molar-refractivity contribution < 1.29 is 14.0 Å². The Morgan fingerprint density at radius 1 is 1.23 bits per heavy atom. The van der Waals surface area contributed by atoms with Crippen LogP contribution in [0.25, 0.3) is 0 Å². The van der Waals surface area contributed by atoms with Crippen LogP contribution in [0.1, 0.15) is 49.0 Å². The fourth-order valence-corrected chi connectivity index (χ4v) is 3.44. The first kappa shape index (κ1) is 24.2. The molecule has 30 heavy (non-hydrogen) atoms. The summed E-state index contributed by atoms with van der Waals surface area (Å²) >= 11 is 0. The first-order chi connectivity index (χ1) is 14.0. The molecular formula is C21H32IN5O3. The van der Waals surface area contributed by atoms with Crippen LogP contribution in [0, 0.1) is 0 Å². The minimum atomic E-state index is 0. The summed E-state index contributed by atoms with van der Waals surface area (Å²) in [6, 6.07) is 4.15. The Morgan fingerprint density at radius 2 is 1.93 bits per heavy atom. The highest BCUT2D eigenvalue weighted by molar-refractivity contribution is 14.0. The zero-order chi connectivity index (χ0) is 20.8. The van der Waals surface area contributed by atoms with Gasteiger partial charge in [-0.3, -0.25) is 4.99 Å². The number of halogens is 1. The van der Waals surface area contributed by atoms with Gasteiger partial charge in [-0.25, -0.2) is 0 Å². The Labute approximate surface area is 195 Å². The Morgan fingerprint density at radius 3 is 2.53 bits per heavy atom. The predicted octanol–water partition coefficient (Wildman–Crippen LogP) is 3.39. The molecular weight excluding hydrogens is 497 g/mol. The number of methoxy groups -OCH3 is 2. The number of fused-ring (bicyclic) bond motifs is 1. The van der Waals surface area contributed by atoms with Crippen molar-refractivity contribution in [1.29, 1.82) is 0 Å². The third-order valence-corrected chi connectivity index (χ3v) is 5.08. The van der Waals surface area contributed by atoms with E-state index in [0.717, 1.165) is 62.2 Å². The van der Waals surface area contributed by atoms with Gasteiger partial charge in [0.25, 0.3) is 0 Å². The third-order valence-electron chi connectivity index (χ3n) is 5.08. The van der Waals surface area contributed by atoms with Crippen molar-refractivity contribution in [1.82, 2.24) is 20.4 Å². The topological polar surface area (TPSA) is 85.0 Å². The van der Waals surface area contributed by atoms with Crippen LogP contribution < -0.4 is 14.8 Å². The van der Waals surface area contributed by atoms with E-state index in [0.29, 0.717) is 5.89 Å². The van der Waals surface area contributed by atoms with Crippen molar-refractivity contribution in [2.45, 2.75) is 45.6 Å². The van der Waals surface area contributed by atoms with E-state index in [9.17, 15) is 0 Å². The molecule has 0 fully saturated rings. The van der Waals surface area contributed by atoms with Gasteiger partial charge in [0.1, 0.15) is 0 Å². The van der Waals surface area contributed by atoms with Gasteiger partial charge in [-0.15, -0.1) is 24.0 Å². The van der Waals surface area contributed by atoms with E-state index in [-0.39, 0.29) is 29.9 Å². The molecule has 1 N–H and O–H groups in total. The number of guanidine groups is 1. The van der Waals surface area contributed by atoms with E-state index in [1.165, 1.54) is 11.1 Å². The Bertz CT molecular complexity index is 853. The highest BCUT2D eigenvalue weighted by Gasteiger charge is 2.21. The second-order valence-corrected chi connectivity index (χ2v) is 7.43. The maximum absolute atomic E-state index is 5.45. The number of nitrogens with zero attached hydrogens (tertiary/aromatic N) is 4. The van der Waals surface area contributed by atoms with Gasteiger partial charge in [0.15, 0.2) is 23.3 Å².